The number of hydrazine groups is 1. The summed E-state index contributed by atoms with van der Waals surface area (Å²) in [5.74, 6) is 0. The Hall–Kier alpha value is -0.0800. The van der Waals surface area contributed by atoms with Gasteiger partial charge in [0.15, 0.2) is 0 Å². The zero-order valence-electron chi connectivity index (χ0n) is 13.2. The fourth-order valence-corrected chi connectivity index (χ4v) is 3.67. The van der Waals surface area contributed by atoms with E-state index in [1.807, 2.05) is 0 Å². The van der Waals surface area contributed by atoms with Gasteiger partial charge in [-0.05, 0) is 74.7 Å². The van der Waals surface area contributed by atoms with Crippen LogP contribution in [-0.2, 0) is 0 Å². The van der Waals surface area contributed by atoms with Crippen molar-refractivity contribution in [3.8, 4) is 0 Å². The summed E-state index contributed by atoms with van der Waals surface area (Å²) >= 11 is 0. The molecule has 0 aromatic carbocycles. The monoisotopic (exact) mass is 240 g/mol. The van der Waals surface area contributed by atoms with Gasteiger partial charge in [-0.1, -0.05) is 0 Å². The van der Waals surface area contributed by atoms with Crippen molar-refractivity contribution >= 4 is 0 Å². The molecule has 0 unspecified atom stereocenters. The first-order valence-electron chi connectivity index (χ1n) is 7.18. The van der Waals surface area contributed by atoms with Crippen LogP contribution in [0.15, 0.2) is 0 Å². The fourth-order valence-electron chi connectivity index (χ4n) is 3.67. The van der Waals surface area contributed by atoms with Crippen LogP contribution in [0, 0.1) is 0 Å². The van der Waals surface area contributed by atoms with Crippen LogP contribution in [0.3, 0.4) is 0 Å². The summed E-state index contributed by atoms with van der Waals surface area (Å²) < 4.78 is 0. The zero-order chi connectivity index (χ0) is 13.4. The quantitative estimate of drug-likeness (QED) is 0.734. The van der Waals surface area contributed by atoms with Crippen LogP contribution < -0.4 is 0 Å². The summed E-state index contributed by atoms with van der Waals surface area (Å²) in [5, 5.41) is 5.25. The Morgan fingerprint density at radius 2 is 1.18 bits per heavy atom. The molecule has 2 heteroatoms. The SMILES string of the molecule is CC(C)N(C(C)C)N1C(C)(C)CCCC1(C)C. The molecule has 0 atom stereocenters. The van der Waals surface area contributed by atoms with E-state index in [2.05, 4.69) is 65.4 Å². The Kier molecular flexibility index (Phi) is 4.31. The van der Waals surface area contributed by atoms with Crippen molar-refractivity contribution in [1.29, 1.82) is 0 Å². The molecule has 1 fully saturated rings. The fraction of sp³-hybridized carbons (Fsp3) is 1.00. The molecule has 0 radical (unpaired) electrons. The van der Waals surface area contributed by atoms with Crippen molar-refractivity contribution in [1.82, 2.24) is 10.0 Å². The molecule has 17 heavy (non-hydrogen) atoms. The van der Waals surface area contributed by atoms with Crippen LogP contribution in [0.5, 0.6) is 0 Å². The highest BCUT2D eigenvalue weighted by atomic mass is 15.7. The molecule has 1 rings (SSSR count). The predicted molar refractivity (Wildman–Crippen MR) is 76.0 cm³/mol. The van der Waals surface area contributed by atoms with E-state index in [1.54, 1.807) is 0 Å². The van der Waals surface area contributed by atoms with Gasteiger partial charge in [-0.3, -0.25) is 0 Å². The molecule has 1 aliphatic rings. The van der Waals surface area contributed by atoms with Crippen LogP contribution in [0.25, 0.3) is 0 Å². The van der Waals surface area contributed by atoms with Crippen LogP contribution in [0.1, 0.15) is 74.7 Å². The van der Waals surface area contributed by atoms with Crippen LogP contribution in [-0.4, -0.2) is 33.2 Å². The largest absolute Gasteiger partial charge is 0.236 e. The van der Waals surface area contributed by atoms with Gasteiger partial charge in [0.1, 0.15) is 0 Å². The molecule has 0 N–H and O–H groups in total. The van der Waals surface area contributed by atoms with E-state index in [-0.39, 0.29) is 11.1 Å². The second-order valence-electron chi connectivity index (χ2n) is 7.36. The minimum Gasteiger partial charge on any atom is -0.236 e. The van der Waals surface area contributed by atoms with E-state index in [4.69, 9.17) is 0 Å². The number of rotatable bonds is 3. The Morgan fingerprint density at radius 1 is 0.824 bits per heavy atom. The predicted octanol–water partition coefficient (Wildman–Crippen LogP) is 4.06. The maximum absolute atomic E-state index is 2.67. The van der Waals surface area contributed by atoms with Crippen LogP contribution in [0.2, 0.25) is 0 Å². The molecule has 0 bridgehead atoms. The maximum atomic E-state index is 2.67. The molecule has 0 aromatic rings. The van der Waals surface area contributed by atoms with Gasteiger partial charge >= 0.3 is 0 Å². The molecule has 102 valence electrons. The van der Waals surface area contributed by atoms with E-state index >= 15 is 0 Å². The summed E-state index contributed by atoms with van der Waals surface area (Å²) in [6, 6.07) is 1.12. The Morgan fingerprint density at radius 3 is 1.47 bits per heavy atom. The molecular formula is C15H32N2. The third kappa shape index (κ3) is 3.03. The molecule has 2 nitrogen and oxygen atoms in total. The van der Waals surface area contributed by atoms with Gasteiger partial charge in [-0.25, -0.2) is 10.0 Å². The normalized spacial score (nSPS) is 24.9. The van der Waals surface area contributed by atoms with Crippen molar-refractivity contribution in [2.75, 3.05) is 0 Å². The second kappa shape index (κ2) is 4.89. The maximum Gasteiger partial charge on any atom is 0.0306 e. The van der Waals surface area contributed by atoms with E-state index in [0.29, 0.717) is 12.1 Å². The van der Waals surface area contributed by atoms with Crippen molar-refractivity contribution in [3.63, 3.8) is 0 Å². The van der Waals surface area contributed by atoms with E-state index < -0.39 is 0 Å². The van der Waals surface area contributed by atoms with E-state index in [9.17, 15) is 0 Å². The van der Waals surface area contributed by atoms with Gasteiger partial charge in [-0.2, -0.15) is 0 Å². The van der Waals surface area contributed by atoms with Crippen LogP contribution in [0.4, 0.5) is 0 Å². The summed E-state index contributed by atoms with van der Waals surface area (Å²) in [5.41, 5.74) is 0.548. The third-order valence-electron chi connectivity index (χ3n) is 4.01. The van der Waals surface area contributed by atoms with Crippen molar-refractivity contribution in [2.45, 2.75) is 97.8 Å². The first-order chi connectivity index (χ1) is 7.59. The average Bonchev–Trinajstić information content (AvgIpc) is 2.09. The molecule has 1 aliphatic heterocycles. The Labute approximate surface area is 108 Å². The van der Waals surface area contributed by atoms with Crippen LogP contribution >= 0.6 is 0 Å². The minimum absolute atomic E-state index is 0.274. The van der Waals surface area contributed by atoms with Gasteiger partial charge in [0, 0.05) is 23.2 Å². The highest BCUT2D eigenvalue weighted by Gasteiger charge is 2.45. The van der Waals surface area contributed by atoms with E-state index in [0.717, 1.165) is 0 Å². The van der Waals surface area contributed by atoms with Gasteiger partial charge in [-0.15, -0.1) is 0 Å². The topological polar surface area (TPSA) is 6.48 Å². The highest BCUT2D eigenvalue weighted by molar-refractivity contribution is 4.96. The molecule has 0 spiro atoms. The van der Waals surface area contributed by atoms with E-state index in [1.165, 1.54) is 19.3 Å². The van der Waals surface area contributed by atoms with Gasteiger partial charge in [0.05, 0.1) is 0 Å². The van der Waals surface area contributed by atoms with Crippen molar-refractivity contribution in [3.05, 3.63) is 0 Å². The van der Waals surface area contributed by atoms with Gasteiger partial charge < -0.3 is 0 Å². The Balaban J connectivity index is 3.10. The molecule has 0 amide bonds. The third-order valence-corrected chi connectivity index (χ3v) is 4.01. The minimum atomic E-state index is 0.274. The van der Waals surface area contributed by atoms with Crippen molar-refractivity contribution in [2.24, 2.45) is 0 Å². The summed E-state index contributed by atoms with van der Waals surface area (Å²) in [6.45, 7) is 18.8. The lowest BCUT2D eigenvalue weighted by Crippen LogP contribution is -2.68. The van der Waals surface area contributed by atoms with Crippen molar-refractivity contribution < 1.29 is 0 Å². The smallest absolute Gasteiger partial charge is 0.0306 e. The molecule has 0 saturated carbocycles. The molecule has 0 aliphatic carbocycles. The highest BCUT2D eigenvalue weighted by Crippen LogP contribution is 2.40. The number of piperidine rings is 1. The lowest BCUT2D eigenvalue weighted by molar-refractivity contribution is -0.210. The summed E-state index contributed by atoms with van der Waals surface area (Å²) in [7, 11) is 0. The molecule has 1 heterocycles. The number of hydrogen-bond donors (Lipinski definition) is 0. The van der Waals surface area contributed by atoms with Gasteiger partial charge in [0.2, 0.25) is 0 Å². The first-order valence-corrected chi connectivity index (χ1v) is 7.18. The standard InChI is InChI=1S/C15H32N2/c1-12(2)16(13(3)4)17-14(5,6)10-9-11-15(17,7)8/h12-13H,9-11H2,1-8H3. The lowest BCUT2D eigenvalue weighted by Gasteiger charge is -2.59. The number of hydrogen-bond acceptors (Lipinski definition) is 2. The van der Waals surface area contributed by atoms with Gasteiger partial charge in [0.25, 0.3) is 0 Å². The molecule has 0 aromatic heterocycles. The first kappa shape index (κ1) is 15.0. The average molecular weight is 240 g/mol. The number of nitrogens with zero attached hydrogens (tertiary/aromatic N) is 2. The summed E-state index contributed by atoms with van der Waals surface area (Å²) in [4.78, 5) is 0. The summed E-state index contributed by atoms with van der Waals surface area (Å²) in [6.07, 6.45) is 3.94. The zero-order valence-corrected chi connectivity index (χ0v) is 13.2. The molecule has 1 saturated heterocycles. The Bertz CT molecular complexity index is 230. The molecular weight excluding hydrogens is 208 g/mol. The second-order valence-corrected chi connectivity index (χ2v) is 7.36. The lowest BCUT2D eigenvalue weighted by atomic mass is 9.81.